The molecule has 0 radical (unpaired) electrons. The Bertz CT molecular complexity index is 690. The SMILES string of the molecule is COc1c(-c2noc(CN)n2)ccc2sccc12. The monoisotopic (exact) mass is 261 g/mol. The third-order valence-electron chi connectivity index (χ3n) is 2.67. The van der Waals surface area contributed by atoms with E-state index < -0.39 is 0 Å². The zero-order valence-electron chi connectivity index (χ0n) is 9.71. The van der Waals surface area contributed by atoms with Crippen LogP contribution in [0.5, 0.6) is 5.75 Å². The summed E-state index contributed by atoms with van der Waals surface area (Å²) in [5.41, 5.74) is 6.27. The topological polar surface area (TPSA) is 74.2 Å². The number of benzene rings is 1. The van der Waals surface area contributed by atoms with Gasteiger partial charge in [-0.2, -0.15) is 4.98 Å². The van der Waals surface area contributed by atoms with Gasteiger partial charge in [0.25, 0.3) is 0 Å². The van der Waals surface area contributed by atoms with E-state index in [0.29, 0.717) is 11.7 Å². The van der Waals surface area contributed by atoms with Crippen LogP contribution >= 0.6 is 11.3 Å². The van der Waals surface area contributed by atoms with Crippen molar-refractivity contribution in [2.24, 2.45) is 5.73 Å². The number of fused-ring (bicyclic) bond motifs is 1. The lowest BCUT2D eigenvalue weighted by Crippen LogP contribution is -1.96. The second kappa shape index (κ2) is 4.40. The first-order chi connectivity index (χ1) is 8.83. The molecule has 0 spiro atoms. The highest BCUT2D eigenvalue weighted by Crippen LogP contribution is 2.37. The Morgan fingerprint density at radius 2 is 2.28 bits per heavy atom. The molecule has 0 atom stereocenters. The summed E-state index contributed by atoms with van der Waals surface area (Å²) < 4.78 is 11.7. The highest BCUT2D eigenvalue weighted by Gasteiger charge is 2.15. The van der Waals surface area contributed by atoms with Crippen molar-refractivity contribution in [3.05, 3.63) is 29.5 Å². The molecule has 0 bridgehead atoms. The summed E-state index contributed by atoms with van der Waals surface area (Å²) in [6, 6.07) is 5.98. The van der Waals surface area contributed by atoms with Crippen molar-refractivity contribution in [3.8, 4) is 17.1 Å². The van der Waals surface area contributed by atoms with E-state index in [0.717, 1.165) is 21.4 Å². The molecule has 0 amide bonds. The first-order valence-electron chi connectivity index (χ1n) is 5.40. The number of methoxy groups -OCH3 is 1. The zero-order chi connectivity index (χ0) is 12.5. The van der Waals surface area contributed by atoms with Gasteiger partial charge in [0.15, 0.2) is 0 Å². The maximum Gasteiger partial charge on any atom is 0.240 e. The molecule has 2 aromatic heterocycles. The smallest absolute Gasteiger partial charge is 0.240 e. The number of hydrogen-bond donors (Lipinski definition) is 1. The maximum atomic E-state index is 5.47. The van der Waals surface area contributed by atoms with Crippen molar-refractivity contribution in [1.82, 2.24) is 10.1 Å². The van der Waals surface area contributed by atoms with E-state index in [1.54, 1.807) is 18.4 Å². The number of rotatable bonds is 3. The van der Waals surface area contributed by atoms with Gasteiger partial charge >= 0.3 is 0 Å². The van der Waals surface area contributed by atoms with Crippen LogP contribution in [0.2, 0.25) is 0 Å². The number of nitrogens with zero attached hydrogens (tertiary/aromatic N) is 2. The van der Waals surface area contributed by atoms with Gasteiger partial charge in [0.05, 0.1) is 19.2 Å². The fourth-order valence-corrected chi connectivity index (χ4v) is 2.65. The van der Waals surface area contributed by atoms with E-state index in [1.807, 2.05) is 23.6 Å². The Labute approximate surface area is 107 Å². The predicted molar refractivity (Wildman–Crippen MR) is 69.6 cm³/mol. The van der Waals surface area contributed by atoms with E-state index in [4.69, 9.17) is 15.0 Å². The van der Waals surface area contributed by atoms with Crippen LogP contribution in [0.15, 0.2) is 28.1 Å². The summed E-state index contributed by atoms with van der Waals surface area (Å²) in [6.07, 6.45) is 0. The normalized spacial score (nSPS) is 11.0. The molecule has 0 aliphatic heterocycles. The minimum Gasteiger partial charge on any atom is -0.495 e. The predicted octanol–water partition coefficient (Wildman–Crippen LogP) is 2.42. The number of thiophene rings is 1. The number of aromatic nitrogens is 2. The quantitative estimate of drug-likeness (QED) is 0.783. The highest BCUT2D eigenvalue weighted by molar-refractivity contribution is 7.17. The Morgan fingerprint density at radius 3 is 3.00 bits per heavy atom. The molecule has 92 valence electrons. The van der Waals surface area contributed by atoms with Crippen molar-refractivity contribution in [2.75, 3.05) is 7.11 Å². The van der Waals surface area contributed by atoms with Crippen molar-refractivity contribution in [1.29, 1.82) is 0 Å². The van der Waals surface area contributed by atoms with Crippen molar-refractivity contribution >= 4 is 21.4 Å². The second-order valence-corrected chi connectivity index (χ2v) is 4.64. The summed E-state index contributed by atoms with van der Waals surface area (Å²) >= 11 is 1.67. The first kappa shape index (κ1) is 11.2. The standard InChI is InChI=1S/C12H11N3O2S/c1-16-11-7-4-5-18-9(7)3-2-8(11)12-14-10(6-13)17-15-12/h2-5H,6,13H2,1H3. The zero-order valence-corrected chi connectivity index (χ0v) is 10.5. The van der Waals surface area contributed by atoms with E-state index >= 15 is 0 Å². The minimum atomic E-state index is 0.232. The van der Waals surface area contributed by atoms with Crippen molar-refractivity contribution in [2.45, 2.75) is 6.54 Å². The third kappa shape index (κ3) is 1.66. The lowest BCUT2D eigenvalue weighted by molar-refractivity contribution is 0.380. The van der Waals surface area contributed by atoms with Gasteiger partial charge in [0, 0.05) is 10.1 Å². The molecule has 0 fully saturated rings. The Kier molecular flexibility index (Phi) is 2.73. The maximum absolute atomic E-state index is 5.47. The van der Waals surface area contributed by atoms with Gasteiger partial charge in [0.2, 0.25) is 11.7 Å². The third-order valence-corrected chi connectivity index (χ3v) is 3.56. The molecule has 0 saturated heterocycles. The molecule has 18 heavy (non-hydrogen) atoms. The first-order valence-corrected chi connectivity index (χ1v) is 6.28. The van der Waals surface area contributed by atoms with E-state index in [2.05, 4.69) is 10.1 Å². The summed E-state index contributed by atoms with van der Waals surface area (Å²) in [5.74, 6) is 1.68. The average molecular weight is 261 g/mol. The summed E-state index contributed by atoms with van der Waals surface area (Å²) in [5, 5.41) is 7.00. The molecule has 6 heteroatoms. The average Bonchev–Trinajstić information content (AvgIpc) is 3.05. The molecule has 3 aromatic rings. The molecular weight excluding hydrogens is 250 g/mol. The molecule has 5 nitrogen and oxygen atoms in total. The van der Waals surface area contributed by atoms with Gasteiger partial charge in [-0.15, -0.1) is 11.3 Å². The number of ether oxygens (including phenoxy) is 1. The van der Waals surface area contributed by atoms with E-state index in [1.165, 1.54) is 0 Å². The minimum absolute atomic E-state index is 0.232. The number of nitrogens with two attached hydrogens (primary N) is 1. The molecular formula is C12H11N3O2S. The van der Waals surface area contributed by atoms with Crippen LogP contribution in [0.3, 0.4) is 0 Å². The van der Waals surface area contributed by atoms with E-state index in [-0.39, 0.29) is 6.54 Å². The Morgan fingerprint density at radius 1 is 1.39 bits per heavy atom. The molecule has 3 rings (SSSR count). The fourth-order valence-electron chi connectivity index (χ4n) is 1.86. The van der Waals surface area contributed by atoms with Crippen LogP contribution in [0.25, 0.3) is 21.5 Å². The van der Waals surface area contributed by atoms with Gasteiger partial charge in [0.1, 0.15) is 5.75 Å². The van der Waals surface area contributed by atoms with Crippen LogP contribution in [0, 0.1) is 0 Å². The summed E-state index contributed by atoms with van der Waals surface area (Å²) in [7, 11) is 1.64. The van der Waals surface area contributed by atoms with Crippen LogP contribution in [0.1, 0.15) is 5.89 Å². The van der Waals surface area contributed by atoms with Crippen LogP contribution in [-0.4, -0.2) is 17.3 Å². The molecule has 0 aliphatic rings. The Balaban J connectivity index is 2.21. The van der Waals surface area contributed by atoms with E-state index in [9.17, 15) is 0 Å². The fraction of sp³-hybridized carbons (Fsp3) is 0.167. The van der Waals surface area contributed by atoms with Gasteiger partial charge in [-0.25, -0.2) is 0 Å². The molecule has 2 heterocycles. The lowest BCUT2D eigenvalue weighted by Gasteiger charge is -2.06. The van der Waals surface area contributed by atoms with Crippen LogP contribution < -0.4 is 10.5 Å². The Hall–Kier alpha value is -1.92. The molecule has 0 aliphatic carbocycles. The van der Waals surface area contributed by atoms with Crippen molar-refractivity contribution in [3.63, 3.8) is 0 Å². The van der Waals surface area contributed by atoms with Gasteiger partial charge in [-0.05, 0) is 23.6 Å². The molecule has 0 unspecified atom stereocenters. The molecule has 2 N–H and O–H groups in total. The van der Waals surface area contributed by atoms with Gasteiger partial charge < -0.3 is 15.0 Å². The molecule has 0 saturated carbocycles. The largest absolute Gasteiger partial charge is 0.495 e. The molecule has 1 aromatic carbocycles. The number of hydrogen-bond acceptors (Lipinski definition) is 6. The van der Waals surface area contributed by atoms with Crippen LogP contribution in [0.4, 0.5) is 0 Å². The second-order valence-electron chi connectivity index (χ2n) is 3.69. The highest BCUT2D eigenvalue weighted by atomic mass is 32.1. The summed E-state index contributed by atoms with van der Waals surface area (Å²) in [6.45, 7) is 0.232. The van der Waals surface area contributed by atoms with Gasteiger partial charge in [-0.3, -0.25) is 0 Å². The van der Waals surface area contributed by atoms with Crippen LogP contribution in [-0.2, 0) is 6.54 Å². The summed E-state index contributed by atoms with van der Waals surface area (Å²) in [4.78, 5) is 4.22. The van der Waals surface area contributed by atoms with Crippen molar-refractivity contribution < 1.29 is 9.26 Å². The van der Waals surface area contributed by atoms with Gasteiger partial charge in [-0.1, -0.05) is 5.16 Å². The lowest BCUT2D eigenvalue weighted by atomic mass is 10.1.